The summed E-state index contributed by atoms with van der Waals surface area (Å²) >= 11 is 0. The Labute approximate surface area is 54.1 Å². The third-order valence-corrected chi connectivity index (χ3v) is 2.14. The maximum atomic E-state index is 10.5. The van der Waals surface area contributed by atoms with Crippen molar-refractivity contribution in [2.24, 2.45) is 5.41 Å². The molecule has 0 aromatic carbocycles. The highest BCUT2D eigenvalue weighted by Crippen LogP contribution is 2.42. The Kier molecular flexibility index (Phi) is 0.747. The average Bonchev–Trinajstić information content (AvgIpc) is 2.46. The number of hydrogen-bond donors (Lipinski definition) is 0. The Morgan fingerprint density at radius 3 is 2.78 bits per heavy atom. The normalized spacial score (nSPS) is 37.1. The molecule has 9 heavy (non-hydrogen) atoms. The van der Waals surface area contributed by atoms with Crippen LogP contribution in [0.25, 0.3) is 0 Å². The summed E-state index contributed by atoms with van der Waals surface area (Å²) in [4.78, 5) is 10.5. The summed E-state index contributed by atoms with van der Waals surface area (Å²) in [5.74, 6) is 0. The minimum Gasteiger partial charge on any atom is -0.302 e. The van der Waals surface area contributed by atoms with E-state index >= 15 is 0 Å². The van der Waals surface area contributed by atoms with Crippen LogP contribution in [0.2, 0.25) is 0 Å². The van der Waals surface area contributed by atoms with E-state index in [1.165, 1.54) is 5.57 Å². The zero-order valence-electron chi connectivity index (χ0n) is 5.13. The smallest absolute Gasteiger partial charge is 0.130 e. The van der Waals surface area contributed by atoms with Crippen molar-refractivity contribution in [2.75, 3.05) is 0 Å². The van der Waals surface area contributed by atoms with Crippen LogP contribution in [0.15, 0.2) is 23.8 Å². The van der Waals surface area contributed by atoms with E-state index in [1.807, 2.05) is 6.08 Å². The van der Waals surface area contributed by atoms with Gasteiger partial charge in [0.1, 0.15) is 6.29 Å². The Morgan fingerprint density at radius 2 is 2.56 bits per heavy atom. The monoisotopic (exact) mass is 120 g/mol. The second kappa shape index (κ2) is 1.35. The van der Waals surface area contributed by atoms with Crippen molar-refractivity contribution in [1.82, 2.24) is 0 Å². The van der Waals surface area contributed by atoms with E-state index in [9.17, 15) is 4.79 Å². The summed E-state index contributed by atoms with van der Waals surface area (Å²) in [7, 11) is 0. The van der Waals surface area contributed by atoms with Crippen molar-refractivity contribution in [1.29, 1.82) is 0 Å². The molecule has 0 saturated heterocycles. The molecular weight excluding hydrogens is 112 g/mol. The van der Waals surface area contributed by atoms with Crippen molar-refractivity contribution in [3.8, 4) is 0 Å². The van der Waals surface area contributed by atoms with E-state index in [2.05, 4.69) is 12.2 Å². The Hall–Kier alpha value is -0.850. The Morgan fingerprint density at radius 1 is 1.67 bits per heavy atom. The summed E-state index contributed by atoms with van der Waals surface area (Å²) < 4.78 is 0. The van der Waals surface area contributed by atoms with Gasteiger partial charge in [-0.25, -0.2) is 0 Å². The van der Waals surface area contributed by atoms with Crippen LogP contribution < -0.4 is 0 Å². The molecule has 0 spiro atoms. The Balaban J connectivity index is 2.41. The van der Waals surface area contributed by atoms with Crippen LogP contribution in [-0.2, 0) is 4.79 Å². The topological polar surface area (TPSA) is 17.1 Å². The number of carbonyl (C=O) groups is 1. The number of allylic oxidation sites excluding steroid dienone is 4. The molecule has 46 valence electrons. The van der Waals surface area contributed by atoms with Crippen molar-refractivity contribution in [2.45, 2.75) is 12.8 Å². The molecule has 2 rings (SSSR count). The van der Waals surface area contributed by atoms with E-state index in [0.29, 0.717) is 0 Å². The molecule has 1 unspecified atom stereocenters. The van der Waals surface area contributed by atoms with Gasteiger partial charge in [-0.05, 0) is 12.8 Å². The molecule has 2 aliphatic carbocycles. The fourth-order valence-corrected chi connectivity index (χ4v) is 1.50. The van der Waals surface area contributed by atoms with E-state index in [1.54, 1.807) is 0 Å². The molecule has 0 aliphatic heterocycles. The second-order valence-corrected chi connectivity index (χ2v) is 2.84. The third kappa shape index (κ3) is 0.517. The summed E-state index contributed by atoms with van der Waals surface area (Å²) in [5.41, 5.74) is 1.23. The van der Waals surface area contributed by atoms with Gasteiger partial charge in [-0.1, -0.05) is 23.8 Å². The first kappa shape index (κ1) is 4.98. The predicted octanol–water partition coefficient (Wildman–Crippen LogP) is 1.46. The van der Waals surface area contributed by atoms with E-state index in [-0.39, 0.29) is 5.41 Å². The number of carbonyl (C=O) groups excluding carboxylic acids is 1. The second-order valence-electron chi connectivity index (χ2n) is 2.84. The van der Waals surface area contributed by atoms with Crippen molar-refractivity contribution in [3.63, 3.8) is 0 Å². The molecule has 0 aromatic heterocycles. The van der Waals surface area contributed by atoms with Gasteiger partial charge in [0.25, 0.3) is 0 Å². The lowest BCUT2D eigenvalue weighted by atomic mass is 9.90. The molecule has 0 N–H and O–H groups in total. The molecule has 2 aliphatic rings. The maximum Gasteiger partial charge on any atom is 0.130 e. The lowest BCUT2D eigenvalue weighted by molar-refractivity contribution is -0.113. The number of hydrogen-bond acceptors (Lipinski definition) is 1. The standard InChI is InChI=1S/C8H8O/c9-6-8-3-1-7(5-8)2-4-8/h1-3,6H,4-5H2. The largest absolute Gasteiger partial charge is 0.302 e. The van der Waals surface area contributed by atoms with Crippen LogP contribution in [0.5, 0.6) is 0 Å². The SMILES string of the molecule is O=CC12C=CC(=CC1)C2. The van der Waals surface area contributed by atoms with Crippen LogP contribution in [-0.4, -0.2) is 6.29 Å². The first-order valence-electron chi connectivity index (χ1n) is 3.19. The summed E-state index contributed by atoms with van der Waals surface area (Å²) in [6.45, 7) is 0. The van der Waals surface area contributed by atoms with Gasteiger partial charge in [0, 0.05) is 0 Å². The van der Waals surface area contributed by atoms with Gasteiger partial charge in [-0.2, -0.15) is 0 Å². The van der Waals surface area contributed by atoms with Gasteiger partial charge in [-0.15, -0.1) is 0 Å². The molecule has 0 radical (unpaired) electrons. The summed E-state index contributed by atoms with van der Waals surface area (Å²) in [6.07, 6.45) is 9.18. The van der Waals surface area contributed by atoms with Gasteiger partial charge in [0.2, 0.25) is 0 Å². The Bertz CT molecular complexity index is 213. The van der Waals surface area contributed by atoms with Crippen molar-refractivity contribution < 1.29 is 4.79 Å². The summed E-state index contributed by atoms with van der Waals surface area (Å²) in [5, 5.41) is 0. The lowest BCUT2D eigenvalue weighted by Crippen LogP contribution is -2.12. The molecule has 1 atom stereocenters. The molecule has 0 saturated carbocycles. The van der Waals surface area contributed by atoms with Gasteiger partial charge in [0.15, 0.2) is 0 Å². The fourth-order valence-electron chi connectivity index (χ4n) is 1.50. The van der Waals surface area contributed by atoms with Crippen LogP contribution in [0.4, 0.5) is 0 Å². The number of rotatable bonds is 1. The van der Waals surface area contributed by atoms with Gasteiger partial charge >= 0.3 is 0 Å². The number of aldehydes is 1. The van der Waals surface area contributed by atoms with Gasteiger partial charge < -0.3 is 4.79 Å². The fraction of sp³-hybridized carbons (Fsp3) is 0.375. The van der Waals surface area contributed by atoms with E-state index < -0.39 is 0 Å². The van der Waals surface area contributed by atoms with E-state index in [0.717, 1.165) is 19.1 Å². The maximum absolute atomic E-state index is 10.5. The molecule has 1 heteroatoms. The van der Waals surface area contributed by atoms with Crippen LogP contribution in [0, 0.1) is 5.41 Å². The highest BCUT2D eigenvalue weighted by atomic mass is 16.1. The highest BCUT2D eigenvalue weighted by molar-refractivity contribution is 5.68. The molecule has 0 heterocycles. The van der Waals surface area contributed by atoms with Crippen molar-refractivity contribution in [3.05, 3.63) is 23.8 Å². The number of fused-ring (bicyclic) bond motifs is 2. The van der Waals surface area contributed by atoms with Crippen LogP contribution in [0.1, 0.15) is 12.8 Å². The first-order valence-corrected chi connectivity index (χ1v) is 3.19. The van der Waals surface area contributed by atoms with Crippen LogP contribution >= 0.6 is 0 Å². The molecule has 0 aromatic rings. The zero-order chi connectivity index (χ0) is 6.32. The first-order chi connectivity index (χ1) is 4.35. The minimum absolute atomic E-state index is 0.102. The lowest BCUT2D eigenvalue weighted by Gasteiger charge is -2.11. The van der Waals surface area contributed by atoms with Crippen LogP contribution in [0.3, 0.4) is 0 Å². The van der Waals surface area contributed by atoms with Crippen molar-refractivity contribution >= 4 is 6.29 Å². The molecular formula is C8H8O. The third-order valence-electron chi connectivity index (χ3n) is 2.14. The average molecular weight is 120 g/mol. The van der Waals surface area contributed by atoms with E-state index in [4.69, 9.17) is 0 Å². The quantitative estimate of drug-likeness (QED) is 0.479. The zero-order valence-corrected chi connectivity index (χ0v) is 5.13. The summed E-state index contributed by atoms with van der Waals surface area (Å²) in [6, 6.07) is 0. The molecule has 2 bridgehead atoms. The highest BCUT2D eigenvalue weighted by Gasteiger charge is 2.34. The van der Waals surface area contributed by atoms with Gasteiger partial charge in [0.05, 0.1) is 5.41 Å². The van der Waals surface area contributed by atoms with Gasteiger partial charge in [-0.3, -0.25) is 0 Å². The molecule has 1 nitrogen and oxygen atoms in total. The predicted molar refractivity (Wildman–Crippen MR) is 35.0 cm³/mol. The molecule has 0 fully saturated rings. The minimum atomic E-state index is -0.102. The molecule has 0 amide bonds.